The predicted molar refractivity (Wildman–Crippen MR) is 105 cm³/mol. The van der Waals surface area contributed by atoms with Crippen LogP contribution in [0.1, 0.15) is 25.8 Å². The monoisotopic (exact) mass is 343 g/mol. The van der Waals surface area contributed by atoms with Gasteiger partial charge in [-0.25, -0.2) is 9.97 Å². The Morgan fingerprint density at radius 2 is 1.69 bits per heavy atom. The van der Waals surface area contributed by atoms with Gasteiger partial charge in [0.05, 0.1) is 11.3 Å². The lowest BCUT2D eigenvalue weighted by atomic mass is 10.2. The van der Waals surface area contributed by atoms with Gasteiger partial charge >= 0.3 is 0 Å². The Morgan fingerprint density at radius 1 is 1.00 bits per heavy atom. The lowest BCUT2D eigenvalue weighted by Crippen LogP contribution is -2.15. The Balaban J connectivity index is 2.01. The van der Waals surface area contributed by atoms with Gasteiger partial charge in [-0.1, -0.05) is 49.4 Å². The van der Waals surface area contributed by atoms with Gasteiger partial charge in [-0.2, -0.15) is 5.26 Å². The number of anilines is 3. The zero-order chi connectivity index (χ0) is 18.4. The highest BCUT2D eigenvalue weighted by molar-refractivity contribution is 5.68. The second-order valence-electron chi connectivity index (χ2n) is 6.06. The lowest BCUT2D eigenvalue weighted by Gasteiger charge is -2.15. The molecule has 0 bridgehead atoms. The Morgan fingerprint density at radius 3 is 2.42 bits per heavy atom. The van der Waals surface area contributed by atoms with Crippen LogP contribution in [0.2, 0.25) is 0 Å². The molecule has 5 heteroatoms. The zero-order valence-corrected chi connectivity index (χ0v) is 14.9. The van der Waals surface area contributed by atoms with E-state index in [-0.39, 0.29) is 0 Å². The van der Waals surface area contributed by atoms with Crippen molar-refractivity contribution in [1.82, 2.24) is 9.97 Å². The Labute approximate surface area is 153 Å². The molecule has 1 heterocycles. The summed E-state index contributed by atoms with van der Waals surface area (Å²) in [5, 5.41) is 16.0. The van der Waals surface area contributed by atoms with Gasteiger partial charge in [0, 0.05) is 17.7 Å². The molecule has 5 nitrogen and oxygen atoms in total. The topological polar surface area (TPSA) is 73.6 Å². The summed E-state index contributed by atoms with van der Waals surface area (Å²) in [6.45, 7) is 4.24. The molecule has 1 atom stereocenters. The molecule has 3 rings (SSSR count). The van der Waals surface area contributed by atoms with E-state index in [0.29, 0.717) is 23.2 Å². The van der Waals surface area contributed by atoms with Crippen molar-refractivity contribution in [2.75, 3.05) is 10.6 Å². The van der Waals surface area contributed by atoms with Crippen LogP contribution in [0.5, 0.6) is 0 Å². The molecular formula is C21H21N5. The second kappa shape index (κ2) is 8.13. The third-order valence-corrected chi connectivity index (χ3v) is 4.08. The van der Waals surface area contributed by atoms with Crippen molar-refractivity contribution in [1.29, 1.82) is 5.26 Å². The molecular weight excluding hydrogens is 322 g/mol. The summed E-state index contributed by atoms with van der Waals surface area (Å²) in [7, 11) is 0. The second-order valence-corrected chi connectivity index (χ2v) is 6.06. The Hall–Kier alpha value is -3.39. The smallest absolute Gasteiger partial charge is 0.163 e. The van der Waals surface area contributed by atoms with Crippen molar-refractivity contribution in [2.24, 2.45) is 0 Å². The summed E-state index contributed by atoms with van der Waals surface area (Å²) in [5.41, 5.74) is 2.24. The minimum Gasteiger partial charge on any atom is -0.367 e. The molecule has 0 radical (unpaired) electrons. The van der Waals surface area contributed by atoms with Crippen LogP contribution in [-0.2, 0) is 0 Å². The number of hydrogen-bond donors (Lipinski definition) is 2. The highest BCUT2D eigenvalue weighted by Crippen LogP contribution is 2.24. The number of hydrogen-bond acceptors (Lipinski definition) is 5. The molecule has 0 aliphatic carbocycles. The molecule has 0 fully saturated rings. The van der Waals surface area contributed by atoms with E-state index in [9.17, 15) is 5.26 Å². The average Bonchev–Trinajstić information content (AvgIpc) is 2.69. The maximum Gasteiger partial charge on any atom is 0.163 e. The average molecular weight is 343 g/mol. The minimum atomic E-state index is 0.299. The molecule has 1 aromatic heterocycles. The fourth-order valence-electron chi connectivity index (χ4n) is 2.48. The molecule has 0 amide bonds. The molecule has 0 spiro atoms. The van der Waals surface area contributed by atoms with Gasteiger partial charge in [0.15, 0.2) is 5.82 Å². The van der Waals surface area contributed by atoms with E-state index in [4.69, 9.17) is 0 Å². The number of para-hydroxylation sites is 1. The van der Waals surface area contributed by atoms with E-state index < -0.39 is 0 Å². The van der Waals surface area contributed by atoms with Crippen molar-refractivity contribution in [2.45, 2.75) is 26.3 Å². The number of benzene rings is 2. The number of aromatic nitrogens is 2. The minimum absolute atomic E-state index is 0.299. The molecule has 26 heavy (non-hydrogen) atoms. The summed E-state index contributed by atoms with van der Waals surface area (Å²) in [6, 6.07) is 21.6. The molecule has 0 saturated carbocycles. The molecule has 1 unspecified atom stereocenters. The largest absolute Gasteiger partial charge is 0.367 e. The molecule has 0 aliphatic heterocycles. The Kier molecular flexibility index (Phi) is 5.45. The third-order valence-electron chi connectivity index (χ3n) is 4.08. The van der Waals surface area contributed by atoms with E-state index in [1.165, 1.54) is 0 Å². The first-order valence-electron chi connectivity index (χ1n) is 8.66. The van der Waals surface area contributed by atoms with Gasteiger partial charge in [-0.15, -0.1) is 0 Å². The van der Waals surface area contributed by atoms with E-state index in [0.717, 1.165) is 23.5 Å². The van der Waals surface area contributed by atoms with E-state index >= 15 is 0 Å². The van der Waals surface area contributed by atoms with Gasteiger partial charge in [0.1, 0.15) is 17.7 Å². The van der Waals surface area contributed by atoms with Crippen LogP contribution < -0.4 is 10.6 Å². The van der Waals surface area contributed by atoms with Gasteiger partial charge in [0.2, 0.25) is 0 Å². The maximum absolute atomic E-state index is 9.30. The first kappa shape index (κ1) is 17.4. The van der Waals surface area contributed by atoms with Gasteiger partial charge in [-0.3, -0.25) is 0 Å². The molecule has 3 aromatic rings. The summed E-state index contributed by atoms with van der Waals surface area (Å²) >= 11 is 0. The fraction of sp³-hybridized carbons (Fsp3) is 0.190. The van der Waals surface area contributed by atoms with Gasteiger partial charge in [-0.05, 0) is 25.5 Å². The van der Waals surface area contributed by atoms with Gasteiger partial charge in [0.25, 0.3) is 0 Å². The van der Waals surface area contributed by atoms with Crippen LogP contribution in [0, 0.1) is 11.3 Å². The first-order chi connectivity index (χ1) is 12.7. The SMILES string of the molecule is CCC(C)Nc1cc(Nc2ccccc2C#N)nc(-c2ccccc2)n1. The van der Waals surface area contributed by atoms with Crippen molar-refractivity contribution in [3.63, 3.8) is 0 Å². The van der Waals surface area contributed by atoms with Crippen LogP contribution in [-0.4, -0.2) is 16.0 Å². The van der Waals surface area contributed by atoms with Crippen molar-refractivity contribution in [3.05, 3.63) is 66.2 Å². The van der Waals surface area contributed by atoms with Gasteiger partial charge < -0.3 is 10.6 Å². The summed E-state index contributed by atoms with van der Waals surface area (Å²) < 4.78 is 0. The molecule has 0 saturated heterocycles. The molecule has 2 N–H and O–H groups in total. The van der Waals surface area contributed by atoms with Crippen molar-refractivity contribution in [3.8, 4) is 17.5 Å². The molecule has 0 aliphatic rings. The zero-order valence-electron chi connectivity index (χ0n) is 14.9. The Bertz CT molecular complexity index is 915. The summed E-state index contributed by atoms with van der Waals surface area (Å²) in [4.78, 5) is 9.28. The van der Waals surface area contributed by atoms with Crippen molar-refractivity contribution < 1.29 is 0 Å². The third kappa shape index (κ3) is 4.17. The summed E-state index contributed by atoms with van der Waals surface area (Å²) in [5.74, 6) is 2.04. The number of rotatable bonds is 6. The summed E-state index contributed by atoms with van der Waals surface area (Å²) in [6.07, 6.45) is 0.991. The van der Waals surface area contributed by atoms with E-state index in [2.05, 4.69) is 40.5 Å². The van der Waals surface area contributed by atoms with E-state index in [1.54, 1.807) is 6.07 Å². The van der Waals surface area contributed by atoms with Crippen LogP contribution >= 0.6 is 0 Å². The molecule has 130 valence electrons. The van der Waals surface area contributed by atoms with Crippen LogP contribution in [0.25, 0.3) is 11.4 Å². The first-order valence-corrected chi connectivity index (χ1v) is 8.66. The lowest BCUT2D eigenvalue weighted by molar-refractivity contribution is 0.759. The highest BCUT2D eigenvalue weighted by atomic mass is 15.1. The number of nitriles is 1. The fourth-order valence-corrected chi connectivity index (χ4v) is 2.48. The number of nitrogens with one attached hydrogen (secondary N) is 2. The van der Waals surface area contributed by atoms with Crippen molar-refractivity contribution >= 4 is 17.3 Å². The normalized spacial score (nSPS) is 11.4. The maximum atomic E-state index is 9.30. The van der Waals surface area contributed by atoms with Crippen LogP contribution in [0.4, 0.5) is 17.3 Å². The predicted octanol–water partition coefficient (Wildman–Crippen LogP) is 4.97. The standard InChI is InChI=1S/C21H21N5/c1-3-15(2)23-19-13-20(24-18-12-8-7-11-17(18)14-22)26-21(25-19)16-9-5-4-6-10-16/h4-13,15H,3H2,1-2H3,(H2,23,24,25,26). The quantitative estimate of drug-likeness (QED) is 0.661. The number of nitrogens with zero attached hydrogens (tertiary/aromatic N) is 3. The molecule has 2 aromatic carbocycles. The highest BCUT2D eigenvalue weighted by Gasteiger charge is 2.10. The van der Waals surface area contributed by atoms with Crippen LogP contribution in [0.15, 0.2) is 60.7 Å². The van der Waals surface area contributed by atoms with E-state index in [1.807, 2.05) is 54.6 Å². The van der Waals surface area contributed by atoms with Crippen LogP contribution in [0.3, 0.4) is 0 Å².